The number of nitrogens with zero attached hydrogens (tertiary/aromatic N) is 2. The minimum Gasteiger partial charge on any atom is -0.477 e. The summed E-state index contributed by atoms with van der Waals surface area (Å²) in [5.41, 5.74) is 1.61. The Bertz CT molecular complexity index is 927. The summed E-state index contributed by atoms with van der Waals surface area (Å²) in [4.78, 5) is 41.6. The van der Waals surface area contributed by atoms with Gasteiger partial charge in [-0.05, 0) is 26.0 Å². The fourth-order valence-corrected chi connectivity index (χ4v) is 4.17. The van der Waals surface area contributed by atoms with Gasteiger partial charge < -0.3 is 34.6 Å². The molecule has 0 radical (unpaired) electrons. The van der Waals surface area contributed by atoms with E-state index in [1.807, 2.05) is 29.2 Å². The third kappa shape index (κ3) is 4.50. The number of nitrogens with one attached hydrogen (secondary N) is 2. The molecule has 0 aromatic heterocycles. The summed E-state index contributed by atoms with van der Waals surface area (Å²) in [7, 11) is 0. The molecule has 4 rings (SSSR count). The zero-order valence-corrected chi connectivity index (χ0v) is 18.3. The number of esters is 1. The molecule has 10 nitrogen and oxygen atoms in total. The van der Waals surface area contributed by atoms with Gasteiger partial charge in [0.15, 0.2) is 6.10 Å². The Morgan fingerprint density at radius 2 is 1.97 bits per heavy atom. The maximum atomic E-state index is 13.1. The van der Waals surface area contributed by atoms with Crippen LogP contribution in [0.25, 0.3) is 0 Å². The number of benzene rings is 1. The van der Waals surface area contributed by atoms with E-state index in [1.165, 1.54) is 0 Å². The summed E-state index contributed by atoms with van der Waals surface area (Å²) in [5.74, 6) is -0.00273. The van der Waals surface area contributed by atoms with Gasteiger partial charge in [0.1, 0.15) is 5.75 Å². The number of para-hydroxylation sites is 2. The minimum atomic E-state index is -0.704. The predicted octanol–water partition coefficient (Wildman–Crippen LogP) is 0.631. The van der Waals surface area contributed by atoms with Crippen LogP contribution in [0.3, 0.4) is 0 Å². The Morgan fingerprint density at radius 3 is 2.72 bits per heavy atom. The van der Waals surface area contributed by atoms with Crippen LogP contribution in [0.5, 0.6) is 5.75 Å². The van der Waals surface area contributed by atoms with Gasteiger partial charge in [0, 0.05) is 13.1 Å². The molecule has 1 saturated heterocycles. The molecule has 0 saturated carbocycles. The molecule has 0 bridgehead atoms. The number of fused-ring (bicyclic) bond motifs is 1. The Balaban J connectivity index is 1.63. The number of hydrogen-bond acceptors (Lipinski definition) is 7. The van der Waals surface area contributed by atoms with Crippen molar-refractivity contribution in [3.05, 3.63) is 35.5 Å². The Hall–Kier alpha value is -3.27. The lowest BCUT2D eigenvalue weighted by atomic mass is 10.0. The number of rotatable bonds is 5. The summed E-state index contributed by atoms with van der Waals surface area (Å²) in [6.45, 7) is 6.27. The molecule has 32 heavy (non-hydrogen) atoms. The van der Waals surface area contributed by atoms with Gasteiger partial charge in [0.2, 0.25) is 0 Å². The van der Waals surface area contributed by atoms with Crippen molar-refractivity contribution < 1.29 is 28.6 Å². The van der Waals surface area contributed by atoms with Crippen LogP contribution in [0.4, 0.5) is 10.5 Å². The average Bonchev–Trinajstić information content (AvgIpc) is 2.79. The van der Waals surface area contributed by atoms with Crippen molar-refractivity contribution in [3.8, 4) is 5.75 Å². The van der Waals surface area contributed by atoms with Crippen molar-refractivity contribution in [3.63, 3.8) is 0 Å². The molecule has 0 aliphatic carbocycles. The number of hydrogen-bond donors (Lipinski definition) is 2. The minimum absolute atomic E-state index is 0.102. The molecule has 1 aromatic rings. The van der Waals surface area contributed by atoms with E-state index in [0.717, 1.165) is 5.69 Å². The normalized spacial score (nSPS) is 23.0. The first-order chi connectivity index (χ1) is 15.5. The molecule has 1 aromatic carbocycles. The molecular weight excluding hydrogens is 416 g/mol. The lowest BCUT2D eigenvalue weighted by Gasteiger charge is -2.39. The van der Waals surface area contributed by atoms with E-state index in [0.29, 0.717) is 43.3 Å². The summed E-state index contributed by atoms with van der Waals surface area (Å²) in [5, 5.41) is 5.46. The average molecular weight is 444 g/mol. The SMILES string of the molecule is CCOC(=O)C1=C(CN2CC(C(=O)N3CCOCC3)Oc3ccccc32)NC(=O)NC1C. The van der Waals surface area contributed by atoms with Gasteiger partial charge in [0.25, 0.3) is 5.91 Å². The van der Waals surface area contributed by atoms with Crippen LogP contribution in [-0.2, 0) is 19.1 Å². The second-order valence-corrected chi connectivity index (χ2v) is 7.83. The van der Waals surface area contributed by atoms with Gasteiger partial charge in [-0.1, -0.05) is 12.1 Å². The van der Waals surface area contributed by atoms with Crippen LogP contribution in [0.1, 0.15) is 13.8 Å². The highest BCUT2D eigenvalue weighted by Crippen LogP contribution is 2.34. The number of carbonyl (C=O) groups excluding carboxylic acids is 3. The van der Waals surface area contributed by atoms with Crippen molar-refractivity contribution in [1.82, 2.24) is 15.5 Å². The summed E-state index contributed by atoms with van der Waals surface area (Å²) < 4.78 is 16.6. The standard InChI is InChI=1S/C22H28N4O6/c1-3-31-21(28)19-14(2)23-22(29)24-15(19)12-26-13-18(20(27)25-8-10-30-11-9-25)32-17-7-5-4-6-16(17)26/h4-7,14,18H,3,8-13H2,1-2H3,(H2,23,24,29). The molecular formula is C22H28N4O6. The molecule has 172 valence electrons. The molecule has 2 N–H and O–H groups in total. The third-order valence-corrected chi connectivity index (χ3v) is 5.67. The molecule has 2 unspecified atom stereocenters. The van der Waals surface area contributed by atoms with Crippen molar-refractivity contribution in [2.24, 2.45) is 0 Å². The summed E-state index contributed by atoms with van der Waals surface area (Å²) in [6, 6.07) is 6.54. The largest absolute Gasteiger partial charge is 0.477 e. The van der Waals surface area contributed by atoms with Crippen molar-refractivity contribution in [2.75, 3.05) is 50.9 Å². The number of ether oxygens (including phenoxy) is 3. The van der Waals surface area contributed by atoms with E-state index in [9.17, 15) is 14.4 Å². The molecule has 10 heteroatoms. The highest BCUT2D eigenvalue weighted by Gasteiger charge is 2.36. The van der Waals surface area contributed by atoms with Gasteiger partial charge in [-0.15, -0.1) is 0 Å². The summed E-state index contributed by atoms with van der Waals surface area (Å²) in [6.07, 6.45) is -0.704. The van der Waals surface area contributed by atoms with Gasteiger partial charge in [-0.25, -0.2) is 9.59 Å². The number of anilines is 1. The Morgan fingerprint density at radius 1 is 1.22 bits per heavy atom. The molecule has 0 spiro atoms. The van der Waals surface area contributed by atoms with Crippen LogP contribution in [0, 0.1) is 0 Å². The first kappa shape index (κ1) is 21.9. The van der Waals surface area contributed by atoms with Gasteiger partial charge in [-0.3, -0.25) is 4.79 Å². The Kier molecular flexibility index (Phi) is 6.50. The van der Waals surface area contributed by atoms with Crippen molar-refractivity contribution in [1.29, 1.82) is 0 Å². The van der Waals surface area contributed by atoms with Crippen LogP contribution in [-0.4, -0.2) is 81.0 Å². The number of carbonyl (C=O) groups is 3. The van der Waals surface area contributed by atoms with E-state index in [-0.39, 0.29) is 31.6 Å². The number of morpholine rings is 1. The lowest BCUT2D eigenvalue weighted by molar-refractivity contribution is -0.142. The van der Waals surface area contributed by atoms with Gasteiger partial charge in [0.05, 0.1) is 55.9 Å². The van der Waals surface area contributed by atoms with Crippen LogP contribution in [0.15, 0.2) is 35.5 Å². The molecule has 3 aliphatic heterocycles. The molecule has 1 fully saturated rings. The van der Waals surface area contributed by atoms with Crippen molar-refractivity contribution >= 4 is 23.6 Å². The van der Waals surface area contributed by atoms with E-state index >= 15 is 0 Å². The zero-order valence-electron chi connectivity index (χ0n) is 18.3. The van der Waals surface area contributed by atoms with Crippen LogP contribution in [0.2, 0.25) is 0 Å². The molecule has 3 heterocycles. The monoisotopic (exact) mass is 444 g/mol. The maximum absolute atomic E-state index is 13.1. The van der Waals surface area contributed by atoms with E-state index < -0.39 is 18.1 Å². The highest BCUT2D eigenvalue weighted by molar-refractivity contribution is 5.95. The second-order valence-electron chi connectivity index (χ2n) is 7.83. The quantitative estimate of drug-likeness (QED) is 0.641. The fourth-order valence-electron chi connectivity index (χ4n) is 4.17. The lowest BCUT2D eigenvalue weighted by Crippen LogP contribution is -2.55. The maximum Gasteiger partial charge on any atom is 0.337 e. The number of amides is 3. The topological polar surface area (TPSA) is 109 Å². The van der Waals surface area contributed by atoms with Crippen LogP contribution < -0.4 is 20.3 Å². The van der Waals surface area contributed by atoms with Crippen LogP contribution >= 0.6 is 0 Å². The second kappa shape index (κ2) is 9.47. The van der Waals surface area contributed by atoms with Crippen molar-refractivity contribution in [2.45, 2.75) is 26.0 Å². The third-order valence-electron chi connectivity index (χ3n) is 5.67. The van der Waals surface area contributed by atoms with E-state index in [1.54, 1.807) is 18.7 Å². The van der Waals surface area contributed by atoms with Gasteiger partial charge >= 0.3 is 12.0 Å². The van der Waals surface area contributed by atoms with Gasteiger partial charge in [-0.2, -0.15) is 0 Å². The molecule has 3 amide bonds. The smallest absolute Gasteiger partial charge is 0.337 e. The first-order valence-electron chi connectivity index (χ1n) is 10.8. The number of urea groups is 1. The van der Waals surface area contributed by atoms with E-state index in [4.69, 9.17) is 14.2 Å². The zero-order chi connectivity index (χ0) is 22.7. The summed E-state index contributed by atoms with van der Waals surface area (Å²) >= 11 is 0. The van der Waals surface area contributed by atoms with E-state index in [2.05, 4.69) is 10.6 Å². The predicted molar refractivity (Wildman–Crippen MR) is 115 cm³/mol. The molecule has 3 aliphatic rings. The first-order valence-corrected chi connectivity index (χ1v) is 10.8. The Labute approximate surface area is 186 Å². The fraction of sp³-hybridized carbons (Fsp3) is 0.500. The molecule has 2 atom stereocenters. The highest BCUT2D eigenvalue weighted by atomic mass is 16.5.